The van der Waals surface area contributed by atoms with E-state index in [-0.39, 0.29) is 0 Å². The van der Waals surface area contributed by atoms with E-state index in [1.54, 1.807) is 0 Å². The molecule has 1 heterocycles. The summed E-state index contributed by atoms with van der Waals surface area (Å²) in [7, 11) is 0. The van der Waals surface area contributed by atoms with Gasteiger partial charge in [0.2, 0.25) is 0 Å². The largest absolute Gasteiger partial charge is 0.342 e. The smallest absolute Gasteiger partial charge is 0.275 e. The van der Waals surface area contributed by atoms with Gasteiger partial charge in [-0.05, 0) is 0 Å². The number of aromatic nitrogens is 3. The maximum atomic E-state index is 10.5. The van der Waals surface area contributed by atoms with E-state index in [9.17, 15) is 4.79 Å². The minimum atomic E-state index is -0.458. The Labute approximate surface area is 86.7 Å². The minimum Gasteiger partial charge on any atom is -0.275 e. The molecule has 0 saturated carbocycles. The summed E-state index contributed by atoms with van der Waals surface area (Å²) in [6.45, 7) is 0. The Hall–Kier alpha value is -2.21. The molecule has 0 aliphatic carbocycles. The van der Waals surface area contributed by atoms with Gasteiger partial charge in [-0.3, -0.25) is 5.43 Å². The first-order valence-electron chi connectivity index (χ1n) is 4.20. The fourth-order valence-corrected chi connectivity index (χ4v) is 0.765. The van der Waals surface area contributed by atoms with Gasteiger partial charge in [-0.25, -0.2) is 15.2 Å². The summed E-state index contributed by atoms with van der Waals surface area (Å²) >= 11 is 0. The van der Waals surface area contributed by atoms with E-state index in [1.807, 2.05) is 41.8 Å². The highest BCUT2D eigenvalue weighted by molar-refractivity contribution is 5.75. The number of benzene rings is 1. The van der Waals surface area contributed by atoms with Gasteiger partial charge in [0.15, 0.2) is 0 Å². The predicted octanol–water partition coefficient (Wildman–Crippen LogP) is 0.396. The van der Waals surface area contributed by atoms with Crippen LogP contribution in [0.1, 0.15) is 0 Å². The molecule has 0 unspecified atom stereocenters. The molecule has 0 fully saturated rings. The number of nitrogens with one attached hydrogen (secondary N) is 1. The number of nitrogens with two attached hydrogens (primary N) is 1. The minimum absolute atomic E-state index is 0.458. The molecule has 6 heteroatoms. The third kappa shape index (κ3) is 4.01. The summed E-state index contributed by atoms with van der Waals surface area (Å²) in [5.41, 5.74) is 1.91. The lowest BCUT2D eigenvalue weighted by atomic mass is 10.4. The van der Waals surface area contributed by atoms with Gasteiger partial charge in [0.25, 0.3) is 0 Å². The van der Waals surface area contributed by atoms with E-state index in [4.69, 9.17) is 5.84 Å². The zero-order valence-electron chi connectivity index (χ0n) is 7.95. The van der Waals surface area contributed by atoms with Crippen LogP contribution >= 0.6 is 0 Å². The number of amides is 1. The lowest BCUT2D eigenvalue weighted by Gasteiger charge is -1.93. The van der Waals surface area contributed by atoms with Gasteiger partial charge in [-0.2, -0.15) is 0 Å². The quantitative estimate of drug-likeness (QED) is 0.370. The van der Waals surface area contributed by atoms with E-state index in [0.717, 1.165) is 4.57 Å². The summed E-state index contributed by atoms with van der Waals surface area (Å²) < 4.78 is 1.12. The number of carbonyl (C=O) groups excluding carboxylic acids is 1. The number of nitrogens with zero attached hydrogens (tertiary/aromatic N) is 3. The number of hydrogen-bond donors (Lipinski definition) is 2. The average molecular weight is 205 g/mol. The maximum Gasteiger partial charge on any atom is 0.342 e. The second kappa shape index (κ2) is 6.28. The molecule has 78 valence electrons. The molecule has 2 rings (SSSR count). The molecule has 0 aliphatic rings. The highest BCUT2D eigenvalue weighted by atomic mass is 16.2. The fourth-order valence-electron chi connectivity index (χ4n) is 0.765. The van der Waals surface area contributed by atoms with Crippen LogP contribution in [0.25, 0.3) is 0 Å². The molecule has 2 aromatic rings. The molecule has 0 atom stereocenters. The molecule has 3 N–H and O–H groups in total. The summed E-state index contributed by atoms with van der Waals surface area (Å²) in [4.78, 5) is 10.5. The Morgan fingerprint density at radius 3 is 1.73 bits per heavy atom. The Morgan fingerprint density at radius 2 is 1.40 bits per heavy atom. The Bertz CT molecular complexity index is 346. The van der Waals surface area contributed by atoms with Crippen LogP contribution in [0.15, 0.2) is 49.1 Å². The summed E-state index contributed by atoms with van der Waals surface area (Å²) in [5.74, 6) is 4.79. The standard InChI is InChI=1S/C6H6.C3H5N5O/c1-2-4-6-5-3-1;4-7-3(9)8-1-5-6-2-8/h1-6H;1-2H,4H2,(H,7,9). The Morgan fingerprint density at radius 1 is 1.00 bits per heavy atom. The third-order valence-electron chi connectivity index (χ3n) is 1.44. The topological polar surface area (TPSA) is 85.8 Å². The number of carbonyl (C=O) groups is 1. The molecule has 6 nitrogen and oxygen atoms in total. The van der Waals surface area contributed by atoms with Crippen molar-refractivity contribution in [3.8, 4) is 0 Å². The second-order valence-electron chi connectivity index (χ2n) is 2.47. The zero-order chi connectivity index (χ0) is 10.9. The first-order chi connectivity index (χ1) is 7.34. The number of rotatable bonds is 0. The first-order valence-corrected chi connectivity index (χ1v) is 4.20. The molecule has 1 amide bonds. The van der Waals surface area contributed by atoms with Crippen molar-refractivity contribution in [2.75, 3.05) is 0 Å². The van der Waals surface area contributed by atoms with Crippen molar-refractivity contribution in [1.82, 2.24) is 20.2 Å². The van der Waals surface area contributed by atoms with Crippen molar-refractivity contribution < 1.29 is 4.79 Å². The summed E-state index contributed by atoms with van der Waals surface area (Å²) in [6.07, 6.45) is 2.50. The lowest BCUT2D eigenvalue weighted by Crippen LogP contribution is -2.33. The van der Waals surface area contributed by atoms with Crippen molar-refractivity contribution in [2.45, 2.75) is 0 Å². The van der Waals surface area contributed by atoms with Crippen LogP contribution in [0.5, 0.6) is 0 Å². The van der Waals surface area contributed by atoms with Crippen LogP contribution in [0.3, 0.4) is 0 Å². The van der Waals surface area contributed by atoms with Crippen LogP contribution < -0.4 is 11.3 Å². The van der Waals surface area contributed by atoms with Gasteiger partial charge < -0.3 is 0 Å². The average Bonchev–Trinajstić information content (AvgIpc) is 2.85. The van der Waals surface area contributed by atoms with Crippen LogP contribution in [0.4, 0.5) is 4.79 Å². The summed E-state index contributed by atoms with van der Waals surface area (Å²) in [5, 5.41) is 6.78. The lowest BCUT2D eigenvalue weighted by molar-refractivity contribution is 0.242. The van der Waals surface area contributed by atoms with Crippen molar-refractivity contribution in [1.29, 1.82) is 0 Å². The molecule has 0 bridgehead atoms. The molecule has 0 saturated heterocycles. The van der Waals surface area contributed by atoms with Crippen LogP contribution in [-0.2, 0) is 0 Å². The van der Waals surface area contributed by atoms with Crippen molar-refractivity contribution >= 4 is 6.03 Å². The highest BCUT2D eigenvalue weighted by Gasteiger charge is 1.97. The SMILES string of the molecule is NNC(=O)n1cnnc1.c1ccccc1. The van der Waals surface area contributed by atoms with E-state index < -0.39 is 6.03 Å². The third-order valence-corrected chi connectivity index (χ3v) is 1.44. The molecule has 0 radical (unpaired) electrons. The molecule has 0 spiro atoms. The zero-order valence-corrected chi connectivity index (χ0v) is 7.95. The van der Waals surface area contributed by atoms with Crippen molar-refractivity contribution in [2.24, 2.45) is 5.84 Å². The maximum absolute atomic E-state index is 10.5. The predicted molar refractivity (Wildman–Crippen MR) is 54.6 cm³/mol. The molecular weight excluding hydrogens is 194 g/mol. The van der Waals surface area contributed by atoms with E-state index >= 15 is 0 Å². The first kappa shape index (κ1) is 10.9. The monoisotopic (exact) mass is 205 g/mol. The van der Waals surface area contributed by atoms with E-state index in [1.165, 1.54) is 12.7 Å². The second-order valence-corrected chi connectivity index (χ2v) is 2.47. The fraction of sp³-hybridized carbons (Fsp3) is 0. The van der Waals surface area contributed by atoms with Crippen molar-refractivity contribution in [3.63, 3.8) is 0 Å². The van der Waals surface area contributed by atoms with Crippen LogP contribution in [0, 0.1) is 0 Å². The normalized spacial score (nSPS) is 8.60. The van der Waals surface area contributed by atoms with Gasteiger partial charge >= 0.3 is 6.03 Å². The molecule has 1 aromatic heterocycles. The van der Waals surface area contributed by atoms with Crippen LogP contribution in [-0.4, -0.2) is 20.8 Å². The van der Waals surface area contributed by atoms with Gasteiger partial charge in [0.1, 0.15) is 12.7 Å². The van der Waals surface area contributed by atoms with Gasteiger partial charge in [-0.1, -0.05) is 36.4 Å². The van der Waals surface area contributed by atoms with Gasteiger partial charge in [-0.15, -0.1) is 10.2 Å². The highest BCUT2D eigenvalue weighted by Crippen LogP contribution is 1.80. The van der Waals surface area contributed by atoms with E-state index in [0.29, 0.717) is 0 Å². The van der Waals surface area contributed by atoms with Crippen molar-refractivity contribution in [3.05, 3.63) is 49.1 Å². The number of nitrogen functional groups attached to an aromatic ring is 1. The molecule has 0 aliphatic heterocycles. The molecular formula is C9H11N5O. The molecule has 1 aromatic carbocycles. The van der Waals surface area contributed by atoms with E-state index in [2.05, 4.69) is 10.2 Å². The summed E-state index contributed by atoms with van der Waals surface area (Å²) in [6, 6.07) is 11.5. The Kier molecular flexibility index (Phi) is 4.55. The van der Waals surface area contributed by atoms with Crippen LogP contribution in [0.2, 0.25) is 0 Å². The number of hydrogen-bond acceptors (Lipinski definition) is 4. The van der Waals surface area contributed by atoms with Gasteiger partial charge in [0.05, 0.1) is 0 Å². The molecule has 15 heavy (non-hydrogen) atoms. The Balaban J connectivity index is 0.000000162. The number of hydrazine groups is 1. The van der Waals surface area contributed by atoms with Gasteiger partial charge in [0, 0.05) is 0 Å².